The minimum absolute atomic E-state index is 0.01000. The lowest BCUT2D eigenvalue weighted by molar-refractivity contribution is -0.150. The zero-order valence-electron chi connectivity index (χ0n) is 8.48. The minimum Gasteiger partial charge on any atom is -0.480 e. The number of amides is 1. The highest BCUT2D eigenvalue weighted by molar-refractivity contribution is 6.18. The SMILES string of the molecule is COC[C@@H](C(=O)O)N1CC(CCl)CC1=O. The number of carbonyl (C=O) groups excluding carboxylic acids is 1. The molecule has 1 saturated heterocycles. The third kappa shape index (κ3) is 2.82. The molecular formula is C9H14ClNO4. The Balaban J connectivity index is 2.68. The average molecular weight is 236 g/mol. The molecule has 1 heterocycles. The molecule has 1 aliphatic rings. The van der Waals surface area contributed by atoms with Gasteiger partial charge in [0.15, 0.2) is 6.04 Å². The van der Waals surface area contributed by atoms with Gasteiger partial charge in [0.25, 0.3) is 0 Å². The van der Waals surface area contributed by atoms with E-state index in [-0.39, 0.29) is 18.4 Å². The van der Waals surface area contributed by atoms with Gasteiger partial charge in [-0.05, 0) is 5.92 Å². The van der Waals surface area contributed by atoms with Gasteiger partial charge in [-0.3, -0.25) is 4.79 Å². The molecule has 0 spiro atoms. The van der Waals surface area contributed by atoms with Crippen molar-refractivity contribution in [2.45, 2.75) is 12.5 Å². The highest BCUT2D eigenvalue weighted by atomic mass is 35.5. The van der Waals surface area contributed by atoms with Gasteiger partial charge >= 0.3 is 5.97 Å². The molecule has 0 aromatic heterocycles. The summed E-state index contributed by atoms with van der Waals surface area (Å²) in [5.41, 5.74) is 0. The summed E-state index contributed by atoms with van der Waals surface area (Å²) in [4.78, 5) is 23.8. The predicted molar refractivity (Wildman–Crippen MR) is 53.8 cm³/mol. The van der Waals surface area contributed by atoms with Crippen LogP contribution in [0.5, 0.6) is 0 Å². The largest absolute Gasteiger partial charge is 0.480 e. The number of halogens is 1. The van der Waals surface area contributed by atoms with E-state index in [1.54, 1.807) is 0 Å². The van der Waals surface area contributed by atoms with Gasteiger partial charge in [-0.2, -0.15) is 0 Å². The van der Waals surface area contributed by atoms with Crippen LogP contribution in [0.2, 0.25) is 0 Å². The van der Waals surface area contributed by atoms with Crippen LogP contribution in [0.4, 0.5) is 0 Å². The minimum atomic E-state index is -1.04. The van der Waals surface area contributed by atoms with E-state index in [1.807, 2.05) is 0 Å². The van der Waals surface area contributed by atoms with Crippen molar-refractivity contribution >= 4 is 23.5 Å². The van der Waals surface area contributed by atoms with E-state index in [4.69, 9.17) is 21.4 Å². The van der Waals surface area contributed by atoms with Crippen molar-refractivity contribution in [3.63, 3.8) is 0 Å². The van der Waals surface area contributed by atoms with Gasteiger partial charge in [0.1, 0.15) is 0 Å². The topological polar surface area (TPSA) is 66.8 Å². The number of carbonyl (C=O) groups is 2. The molecule has 0 aromatic rings. The van der Waals surface area contributed by atoms with Gasteiger partial charge < -0.3 is 14.7 Å². The van der Waals surface area contributed by atoms with Crippen molar-refractivity contribution in [3.8, 4) is 0 Å². The van der Waals surface area contributed by atoms with E-state index >= 15 is 0 Å². The summed E-state index contributed by atoms with van der Waals surface area (Å²) in [5.74, 6) is -0.773. The lowest BCUT2D eigenvalue weighted by atomic mass is 10.1. The Morgan fingerprint density at radius 3 is 2.87 bits per heavy atom. The Morgan fingerprint density at radius 2 is 2.47 bits per heavy atom. The molecule has 0 bridgehead atoms. The first kappa shape index (κ1) is 12.3. The van der Waals surface area contributed by atoms with Gasteiger partial charge in [0, 0.05) is 26.0 Å². The molecule has 5 nitrogen and oxygen atoms in total. The molecule has 1 aliphatic heterocycles. The number of carboxylic acids is 1. The molecule has 0 radical (unpaired) electrons. The van der Waals surface area contributed by atoms with Crippen LogP contribution in [0.25, 0.3) is 0 Å². The maximum absolute atomic E-state index is 11.5. The van der Waals surface area contributed by atoms with Crippen LogP contribution in [0.3, 0.4) is 0 Å². The molecule has 6 heteroatoms. The van der Waals surface area contributed by atoms with E-state index in [0.29, 0.717) is 18.8 Å². The fourth-order valence-corrected chi connectivity index (χ4v) is 1.87. The third-order valence-electron chi connectivity index (χ3n) is 2.44. The normalized spacial score (nSPS) is 23.2. The van der Waals surface area contributed by atoms with Crippen molar-refractivity contribution < 1.29 is 19.4 Å². The molecule has 1 N–H and O–H groups in total. The summed E-state index contributed by atoms with van der Waals surface area (Å²) < 4.78 is 4.79. The van der Waals surface area contributed by atoms with Crippen molar-refractivity contribution in [1.29, 1.82) is 0 Å². The highest BCUT2D eigenvalue weighted by Crippen LogP contribution is 2.21. The second-order valence-corrected chi connectivity index (χ2v) is 3.89. The van der Waals surface area contributed by atoms with Crippen LogP contribution in [0.15, 0.2) is 0 Å². The van der Waals surface area contributed by atoms with Gasteiger partial charge in [-0.15, -0.1) is 11.6 Å². The number of nitrogens with zero attached hydrogens (tertiary/aromatic N) is 1. The molecule has 86 valence electrons. The third-order valence-corrected chi connectivity index (χ3v) is 2.88. The van der Waals surface area contributed by atoms with Crippen molar-refractivity contribution in [2.75, 3.05) is 26.1 Å². The molecule has 0 saturated carbocycles. The van der Waals surface area contributed by atoms with E-state index in [0.717, 1.165) is 0 Å². The molecule has 0 aromatic carbocycles. The average Bonchev–Trinajstić information content (AvgIpc) is 2.55. The molecule has 15 heavy (non-hydrogen) atoms. The second kappa shape index (κ2) is 5.32. The molecule has 1 amide bonds. The van der Waals surface area contributed by atoms with E-state index in [1.165, 1.54) is 12.0 Å². The van der Waals surface area contributed by atoms with Gasteiger partial charge in [-0.1, -0.05) is 0 Å². The number of alkyl halides is 1. The van der Waals surface area contributed by atoms with Gasteiger partial charge in [0.2, 0.25) is 5.91 Å². The van der Waals surface area contributed by atoms with E-state index in [2.05, 4.69) is 0 Å². The summed E-state index contributed by atoms with van der Waals surface area (Å²) in [5, 5.41) is 8.93. The number of rotatable bonds is 5. The highest BCUT2D eigenvalue weighted by Gasteiger charge is 2.37. The monoisotopic (exact) mass is 235 g/mol. The Morgan fingerprint density at radius 1 is 1.80 bits per heavy atom. The maximum Gasteiger partial charge on any atom is 0.328 e. The standard InChI is InChI=1S/C9H14ClNO4/c1-15-5-7(9(13)14)11-4-6(3-10)2-8(11)12/h6-7H,2-5H2,1H3,(H,13,14)/t6?,7-/m0/s1. The zero-order valence-corrected chi connectivity index (χ0v) is 9.24. The second-order valence-electron chi connectivity index (χ2n) is 3.58. The number of ether oxygens (including phenoxy) is 1. The fraction of sp³-hybridized carbons (Fsp3) is 0.778. The molecule has 1 fully saturated rings. The van der Waals surface area contributed by atoms with Crippen molar-refractivity contribution in [2.24, 2.45) is 5.92 Å². The number of aliphatic carboxylic acids is 1. The molecule has 1 unspecified atom stereocenters. The molecule has 0 aliphatic carbocycles. The van der Waals surface area contributed by atoms with Crippen LogP contribution in [0, 0.1) is 5.92 Å². The Kier molecular flexibility index (Phi) is 4.35. The van der Waals surface area contributed by atoms with Crippen molar-refractivity contribution in [1.82, 2.24) is 4.90 Å². The van der Waals surface area contributed by atoms with Crippen LogP contribution in [-0.2, 0) is 14.3 Å². The molecular weight excluding hydrogens is 222 g/mol. The number of hydrogen-bond donors (Lipinski definition) is 1. The number of carboxylic acid groups (broad SMARTS) is 1. The van der Waals surface area contributed by atoms with Crippen LogP contribution < -0.4 is 0 Å². The number of methoxy groups -OCH3 is 1. The predicted octanol–water partition coefficient (Wildman–Crippen LogP) is 0.173. The first-order valence-electron chi connectivity index (χ1n) is 4.67. The summed E-state index contributed by atoms with van der Waals surface area (Å²) in [6, 6.07) is -0.893. The summed E-state index contributed by atoms with van der Waals surface area (Å²) >= 11 is 5.64. The van der Waals surface area contributed by atoms with Gasteiger partial charge in [-0.25, -0.2) is 4.79 Å². The molecule has 1 rings (SSSR count). The lowest BCUT2D eigenvalue weighted by Crippen LogP contribution is -2.45. The van der Waals surface area contributed by atoms with Crippen LogP contribution in [0.1, 0.15) is 6.42 Å². The zero-order chi connectivity index (χ0) is 11.4. The smallest absolute Gasteiger partial charge is 0.328 e. The maximum atomic E-state index is 11.5. The van der Waals surface area contributed by atoms with Gasteiger partial charge in [0.05, 0.1) is 6.61 Å². The Labute approximate surface area is 92.9 Å². The molecule has 2 atom stereocenters. The van der Waals surface area contributed by atoms with Crippen LogP contribution >= 0.6 is 11.6 Å². The fourth-order valence-electron chi connectivity index (χ4n) is 1.67. The van der Waals surface area contributed by atoms with E-state index < -0.39 is 12.0 Å². The summed E-state index contributed by atoms with van der Waals surface area (Å²) in [7, 11) is 1.41. The lowest BCUT2D eigenvalue weighted by Gasteiger charge is -2.23. The van der Waals surface area contributed by atoms with Crippen LogP contribution in [-0.4, -0.2) is 54.1 Å². The number of likely N-dealkylation sites (tertiary alicyclic amines) is 1. The quantitative estimate of drug-likeness (QED) is 0.690. The Bertz CT molecular complexity index is 258. The number of hydrogen-bond acceptors (Lipinski definition) is 3. The first-order chi connectivity index (χ1) is 7.10. The Hall–Kier alpha value is -0.810. The summed E-state index contributed by atoms with van der Waals surface area (Å²) in [6.45, 7) is 0.415. The van der Waals surface area contributed by atoms with E-state index in [9.17, 15) is 9.59 Å². The first-order valence-corrected chi connectivity index (χ1v) is 5.20. The van der Waals surface area contributed by atoms with Crippen molar-refractivity contribution in [3.05, 3.63) is 0 Å². The summed E-state index contributed by atoms with van der Waals surface area (Å²) in [6.07, 6.45) is 0.330.